The Morgan fingerprint density at radius 3 is 2.18 bits per heavy atom. The number of furan rings is 1. The molecule has 0 aliphatic rings. The van der Waals surface area contributed by atoms with E-state index in [0.717, 1.165) is 5.56 Å². The van der Waals surface area contributed by atoms with E-state index in [2.05, 4.69) is 5.32 Å². The lowest BCUT2D eigenvalue weighted by Gasteiger charge is -2.14. The summed E-state index contributed by atoms with van der Waals surface area (Å²) in [6.07, 6.45) is 0. The summed E-state index contributed by atoms with van der Waals surface area (Å²) in [6.45, 7) is 0.501. The zero-order valence-electron chi connectivity index (χ0n) is 19.0. The number of methoxy groups -OCH3 is 3. The average Bonchev–Trinajstić information content (AvgIpc) is 3.27. The fourth-order valence-electron chi connectivity index (χ4n) is 4.11. The summed E-state index contributed by atoms with van der Waals surface area (Å²) in [5, 5.41) is 4.40. The van der Waals surface area contributed by atoms with Crippen molar-refractivity contribution in [2.45, 2.75) is 6.54 Å². The highest BCUT2D eigenvalue weighted by atomic mass is 16.5. The van der Waals surface area contributed by atoms with E-state index < -0.39 is 5.63 Å². The fraction of sp³-hybridized carbons (Fsp3) is 0.148. The number of hydrogen-bond donors (Lipinski definition) is 1. The van der Waals surface area contributed by atoms with E-state index in [9.17, 15) is 4.79 Å². The molecular formula is C27H23NO6. The van der Waals surface area contributed by atoms with E-state index in [1.54, 1.807) is 39.5 Å². The highest BCUT2D eigenvalue weighted by Crippen LogP contribution is 2.46. The number of para-hydroxylation sites is 1. The lowest BCUT2D eigenvalue weighted by molar-refractivity contribution is 0.324. The molecule has 0 saturated carbocycles. The lowest BCUT2D eigenvalue weighted by atomic mass is 10.0. The van der Waals surface area contributed by atoms with Crippen molar-refractivity contribution in [1.82, 2.24) is 0 Å². The zero-order valence-corrected chi connectivity index (χ0v) is 19.0. The quantitative estimate of drug-likeness (QED) is 0.307. The molecule has 0 atom stereocenters. The van der Waals surface area contributed by atoms with Crippen molar-refractivity contribution < 1.29 is 23.0 Å². The third-order valence-corrected chi connectivity index (χ3v) is 5.70. The van der Waals surface area contributed by atoms with Crippen LogP contribution in [0.5, 0.6) is 17.2 Å². The number of rotatable bonds is 7. The standard InChI is InChI=1S/C27H23NO6/c1-30-20-13-17(14-21(31-2)25(20)32-3)22-23-24(18-11-7-8-12-19(18)33-27(23)29)34-26(22)28-15-16-9-5-4-6-10-16/h4-14,28H,15H2,1-3H3. The van der Waals surface area contributed by atoms with Gasteiger partial charge in [-0.2, -0.15) is 0 Å². The molecule has 1 N–H and O–H groups in total. The van der Waals surface area contributed by atoms with E-state index in [-0.39, 0.29) is 0 Å². The van der Waals surface area contributed by atoms with Crippen LogP contribution in [0.3, 0.4) is 0 Å². The SMILES string of the molecule is COc1cc(-c2c(NCc3ccccc3)oc3c2c(=O)oc2ccccc23)cc(OC)c1OC. The number of ether oxygens (including phenoxy) is 3. The van der Waals surface area contributed by atoms with Gasteiger partial charge in [0, 0.05) is 6.54 Å². The number of nitrogens with one attached hydrogen (secondary N) is 1. The minimum Gasteiger partial charge on any atom is -0.493 e. The van der Waals surface area contributed by atoms with Crippen molar-refractivity contribution in [3.63, 3.8) is 0 Å². The van der Waals surface area contributed by atoms with Gasteiger partial charge in [0.1, 0.15) is 11.0 Å². The van der Waals surface area contributed by atoms with Crippen LogP contribution in [0.1, 0.15) is 5.56 Å². The molecule has 0 aliphatic carbocycles. The summed E-state index contributed by atoms with van der Waals surface area (Å²) in [6, 6.07) is 20.8. The summed E-state index contributed by atoms with van der Waals surface area (Å²) >= 11 is 0. The monoisotopic (exact) mass is 457 g/mol. The largest absolute Gasteiger partial charge is 0.493 e. The van der Waals surface area contributed by atoms with Crippen LogP contribution in [0.4, 0.5) is 5.88 Å². The van der Waals surface area contributed by atoms with E-state index in [1.165, 1.54) is 0 Å². The molecule has 0 spiro atoms. The first kappa shape index (κ1) is 21.5. The molecule has 0 radical (unpaired) electrons. The van der Waals surface area contributed by atoms with Crippen LogP contribution in [-0.2, 0) is 6.54 Å². The van der Waals surface area contributed by atoms with Gasteiger partial charge in [0.25, 0.3) is 0 Å². The van der Waals surface area contributed by atoms with Gasteiger partial charge in [-0.25, -0.2) is 4.79 Å². The van der Waals surface area contributed by atoms with Gasteiger partial charge in [-0.15, -0.1) is 0 Å². The molecule has 172 valence electrons. The smallest absolute Gasteiger partial charge is 0.348 e. The Hall–Kier alpha value is -4.39. The summed E-state index contributed by atoms with van der Waals surface area (Å²) in [4.78, 5) is 13.2. The number of hydrogen-bond acceptors (Lipinski definition) is 7. The predicted molar refractivity (Wildman–Crippen MR) is 131 cm³/mol. The summed E-state index contributed by atoms with van der Waals surface area (Å²) in [7, 11) is 4.64. The summed E-state index contributed by atoms with van der Waals surface area (Å²) in [5.41, 5.74) is 2.70. The van der Waals surface area contributed by atoms with Crippen LogP contribution in [-0.4, -0.2) is 21.3 Å². The average molecular weight is 457 g/mol. The molecule has 5 rings (SSSR count). The molecule has 0 fully saturated rings. The van der Waals surface area contributed by atoms with Crippen molar-refractivity contribution in [1.29, 1.82) is 0 Å². The van der Waals surface area contributed by atoms with Crippen LogP contribution in [0.15, 0.2) is 80.4 Å². The molecule has 34 heavy (non-hydrogen) atoms. The molecule has 0 amide bonds. The molecule has 7 nitrogen and oxygen atoms in total. The molecule has 5 aromatic rings. The number of anilines is 1. The Morgan fingerprint density at radius 1 is 0.824 bits per heavy atom. The van der Waals surface area contributed by atoms with Gasteiger partial charge < -0.3 is 28.4 Å². The van der Waals surface area contributed by atoms with Gasteiger partial charge in [-0.1, -0.05) is 42.5 Å². The van der Waals surface area contributed by atoms with E-state index in [4.69, 9.17) is 23.0 Å². The first-order valence-electron chi connectivity index (χ1n) is 10.7. The maximum absolute atomic E-state index is 13.2. The van der Waals surface area contributed by atoms with Gasteiger partial charge in [-0.05, 0) is 35.4 Å². The van der Waals surface area contributed by atoms with Gasteiger partial charge >= 0.3 is 5.63 Å². The predicted octanol–water partition coefficient (Wildman–Crippen LogP) is 5.84. The van der Waals surface area contributed by atoms with Crippen LogP contribution in [0.25, 0.3) is 33.1 Å². The second kappa shape index (κ2) is 8.86. The first-order valence-corrected chi connectivity index (χ1v) is 10.7. The minimum atomic E-state index is -0.492. The maximum Gasteiger partial charge on any atom is 0.348 e. The van der Waals surface area contributed by atoms with Gasteiger partial charge in [0.2, 0.25) is 11.6 Å². The summed E-state index contributed by atoms with van der Waals surface area (Å²) in [5.74, 6) is 1.82. The summed E-state index contributed by atoms with van der Waals surface area (Å²) < 4.78 is 28.5. The highest BCUT2D eigenvalue weighted by Gasteiger charge is 2.25. The van der Waals surface area contributed by atoms with Gasteiger partial charge in [0.05, 0.1) is 32.3 Å². The van der Waals surface area contributed by atoms with Crippen LogP contribution < -0.4 is 25.2 Å². The van der Waals surface area contributed by atoms with E-state index in [1.807, 2.05) is 48.5 Å². The maximum atomic E-state index is 13.2. The fourth-order valence-corrected chi connectivity index (χ4v) is 4.11. The zero-order chi connectivity index (χ0) is 23.7. The van der Waals surface area contributed by atoms with Crippen molar-refractivity contribution in [3.8, 4) is 28.4 Å². The number of benzene rings is 3. The first-order chi connectivity index (χ1) is 16.6. The van der Waals surface area contributed by atoms with Crippen molar-refractivity contribution >= 4 is 27.8 Å². The topological polar surface area (TPSA) is 83.1 Å². The normalized spacial score (nSPS) is 11.0. The molecule has 2 aromatic heterocycles. The number of fused-ring (bicyclic) bond motifs is 3. The van der Waals surface area contributed by atoms with Crippen LogP contribution in [0, 0.1) is 0 Å². The molecule has 0 aliphatic heterocycles. The van der Waals surface area contributed by atoms with Crippen molar-refractivity contribution in [2.24, 2.45) is 0 Å². The van der Waals surface area contributed by atoms with Gasteiger partial charge in [-0.3, -0.25) is 0 Å². The van der Waals surface area contributed by atoms with Crippen LogP contribution in [0.2, 0.25) is 0 Å². The van der Waals surface area contributed by atoms with Gasteiger partial charge in [0.15, 0.2) is 17.1 Å². The van der Waals surface area contributed by atoms with Crippen molar-refractivity contribution in [2.75, 3.05) is 26.6 Å². The molecule has 0 unspecified atom stereocenters. The molecule has 2 heterocycles. The third kappa shape index (κ3) is 3.61. The Kier molecular flexibility index (Phi) is 5.59. The second-order valence-corrected chi connectivity index (χ2v) is 7.65. The Balaban J connectivity index is 1.78. The molecule has 3 aromatic carbocycles. The third-order valence-electron chi connectivity index (χ3n) is 5.70. The Bertz CT molecular complexity index is 1510. The molecule has 0 saturated heterocycles. The lowest BCUT2D eigenvalue weighted by Crippen LogP contribution is -2.02. The minimum absolute atomic E-state index is 0.337. The Labute approximate surface area is 195 Å². The van der Waals surface area contributed by atoms with E-state index >= 15 is 0 Å². The van der Waals surface area contributed by atoms with Crippen LogP contribution >= 0.6 is 0 Å². The van der Waals surface area contributed by atoms with Crippen molar-refractivity contribution in [3.05, 3.63) is 82.7 Å². The highest BCUT2D eigenvalue weighted by molar-refractivity contribution is 6.10. The van der Waals surface area contributed by atoms with E-state index in [0.29, 0.717) is 62.7 Å². The molecule has 0 bridgehead atoms. The second-order valence-electron chi connectivity index (χ2n) is 7.65. The molecule has 7 heteroatoms. The molecular weight excluding hydrogens is 434 g/mol. The Morgan fingerprint density at radius 2 is 1.50 bits per heavy atom.